The van der Waals surface area contributed by atoms with Gasteiger partial charge in [0, 0.05) is 18.7 Å². The Morgan fingerprint density at radius 1 is 1.30 bits per heavy atom. The maximum Gasteiger partial charge on any atom is 0.262 e. The summed E-state index contributed by atoms with van der Waals surface area (Å²) in [7, 11) is 1.60. The Balaban J connectivity index is 1.99. The minimum absolute atomic E-state index is 0.194. The molecule has 0 spiro atoms. The number of amides is 1. The number of hydrogen-bond donors (Lipinski definition) is 1. The molecule has 0 unspecified atom stereocenters. The number of halogens is 2. The molecule has 1 N–H and O–H groups in total. The van der Waals surface area contributed by atoms with Gasteiger partial charge in [0.05, 0.1) is 11.1 Å². The van der Waals surface area contributed by atoms with Crippen LogP contribution in [0.2, 0.25) is 10.0 Å². The third kappa shape index (κ3) is 3.73. The van der Waals surface area contributed by atoms with Gasteiger partial charge in [-0.25, -0.2) is 0 Å². The van der Waals surface area contributed by atoms with Crippen molar-refractivity contribution in [1.29, 1.82) is 0 Å². The first-order chi connectivity index (χ1) is 9.61. The molecule has 0 aliphatic rings. The molecule has 6 heteroatoms. The maximum absolute atomic E-state index is 12.0. The van der Waals surface area contributed by atoms with E-state index in [-0.39, 0.29) is 12.0 Å². The van der Waals surface area contributed by atoms with Gasteiger partial charge in [0.15, 0.2) is 0 Å². The lowest BCUT2D eigenvalue weighted by Gasteiger charge is -2.16. The van der Waals surface area contributed by atoms with Crippen LogP contribution in [0.3, 0.4) is 0 Å². The lowest BCUT2D eigenvalue weighted by atomic mass is 10.1. The van der Waals surface area contributed by atoms with Crippen LogP contribution in [-0.2, 0) is 4.74 Å². The van der Waals surface area contributed by atoms with Gasteiger partial charge in [0.2, 0.25) is 0 Å². The summed E-state index contributed by atoms with van der Waals surface area (Å²) in [5, 5.41) is 5.73. The molecule has 0 saturated carbocycles. The molecule has 0 fully saturated rings. The zero-order chi connectivity index (χ0) is 14.5. The summed E-state index contributed by atoms with van der Waals surface area (Å²) in [6.45, 7) is 0.366. The molecular weight excluding hydrogens is 317 g/mol. The van der Waals surface area contributed by atoms with Crippen molar-refractivity contribution in [1.82, 2.24) is 5.32 Å². The van der Waals surface area contributed by atoms with Crippen LogP contribution in [0.25, 0.3) is 0 Å². The Morgan fingerprint density at radius 3 is 2.55 bits per heavy atom. The van der Waals surface area contributed by atoms with Crippen LogP contribution in [-0.4, -0.2) is 19.6 Å². The predicted molar refractivity (Wildman–Crippen MR) is 82.9 cm³/mol. The Bertz CT molecular complexity index is 583. The summed E-state index contributed by atoms with van der Waals surface area (Å²) in [4.78, 5) is 12.5. The van der Waals surface area contributed by atoms with E-state index in [1.165, 1.54) is 11.3 Å². The summed E-state index contributed by atoms with van der Waals surface area (Å²) >= 11 is 13.1. The molecule has 0 aliphatic heterocycles. The Hall–Kier alpha value is -1.07. The normalized spacial score (nSPS) is 12.2. The maximum atomic E-state index is 12.0. The van der Waals surface area contributed by atoms with Crippen LogP contribution in [0, 0.1) is 0 Å². The van der Waals surface area contributed by atoms with Crippen molar-refractivity contribution in [3.05, 3.63) is 56.2 Å². The van der Waals surface area contributed by atoms with Crippen molar-refractivity contribution in [3.8, 4) is 0 Å². The van der Waals surface area contributed by atoms with E-state index in [4.69, 9.17) is 27.9 Å². The van der Waals surface area contributed by atoms with E-state index in [9.17, 15) is 4.79 Å². The van der Waals surface area contributed by atoms with Crippen molar-refractivity contribution in [2.24, 2.45) is 0 Å². The smallest absolute Gasteiger partial charge is 0.262 e. The van der Waals surface area contributed by atoms with Crippen molar-refractivity contribution in [2.45, 2.75) is 6.10 Å². The van der Waals surface area contributed by atoms with E-state index in [0.29, 0.717) is 21.5 Å². The standard InChI is InChI=1S/C14H13Cl2NO2S/c1-19-12(9-2-4-10(15)5-3-9)8-17-14(18)13-11(16)6-7-20-13/h2-7,12H,8H2,1H3,(H,17,18)/t12-/m0/s1. The molecule has 20 heavy (non-hydrogen) atoms. The first-order valence-electron chi connectivity index (χ1n) is 5.91. The molecule has 0 aliphatic carbocycles. The monoisotopic (exact) mass is 329 g/mol. The number of ether oxygens (including phenoxy) is 1. The van der Waals surface area contributed by atoms with E-state index in [1.807, 2.05) is 12.1 Å². The van der Waals surface area contributed by atoms with Crippen molar-refractivity contribution in [2.75, 3.05) is 13.7 Å². The lowest BCUT2D eigenvalue weighted by molar-refractivity contribution is 0.0831. The molecule has 0 bridgehead atoms. The van der Waals surface area contributed by atoms with Crippen molar-refractivity contribution < 1.29 is 9.53 Å². The highest BCUT2D eigenvalue weighted by Crippen LogP contribution is 2.22. The lowest BCUT2D eigenvalue weighted by Crippen LogP contribution is -2.28. The topological polar surface area (TPSA) is 38.3 Å². The van der Waals surface area contributed by atoms with Crippen molar-refractivity contribution >= 4 is 40.4 Å². The quantitative estimate of drug-likeness (QED) is 0.893. The van der Waals surface area contributed by atoms with Gasteiger partial charge in [-0.15, -0.1) is 11.3 Å². The molecule has 0 radical (unpaired) electrons. The third-order valence-electron chi connectivity index (χ3n) is 2.80. The number of hydrogen-bond acceptors (Lipinski definition) is 3. The molecule has 1 atom stereocenters. The highest BCUT2D eigenvalue weighted by atomic mass is 35.5. The molecule has 0 saturated heterocycles. The molecule has 1 aromatic heterocycles. The molecule has 2 rings (SSSR count). The summed E-state index contributed by atoms with van der Waals surface area (Å²) in [5.41, 5.74) is 0.953. The van der Waals surface area contributed by atoms with E-state index in [2.05, 4.69) is 5.32 Å². The van der Waals surface area contributed by atoms with Crippen LogP contribution in [0.15, 0.2) is 35.7 Å². The van der Waals surface area contributed by atoms with Gasteiger partial charge in [-0.05, 0) is 29.1 Å². The van der Waals surface area contributed by atoms with Gasteiger partial charge in [-0.3, -0.25) is 4.79 Å². The minimum atomic E-state index is -0.227. The van der Waals surface area contributed by atoms with Gasteiger partial charge in [0.1, 0.15) is 4.88 Å². The number of benzene rings is 1. The van der Waals surface area contributed by atoms with Crippen LogP contribution < -0.4 is 5.32 Å². The molecule has 106 valence electrons. The Morgan fingerprint density at radius 2 is 2.00 bits per heavy atom. The second-order valence-corrected chi connectivity index (χ2v) is 5.84. The average Bonchev–Trinajstić information content (AvgIpc) is 2.87. The fraction of sp³-hybridized carbons (Fsp3) is 0.214. The minimum Gasteiger partial charge on any atom is -0.375 e. The number of carbonyl (C=O) groups is 1. The summed E-state index contributed by atoms with van der Waals surface area (Å²) in [6.07, 6.45) is -0.227. The number of carbonyl (C=O) groups excluding carboxylic acids is 1. The SMILES string of the molecule is CO[C@@H](CNC(=O)c1sccc1Cl)c1ccc(Cl)cc1. The second-order valence-electron chi connectivity index (χ2n) is 4.08. The summed E-state index contributed by atoms with van der Waals surface area (Å²) in [6, 6.07) is 9.04. The van der Waals surface area contributed by atoms with E-state index >= 15 is 0 Å². The second kappa shape index (κ2) is 7.09. The zero-order valence-electron chi connectivity index (χ0n) is 10.7. The first-order valence-corrected chi connectivity index (χ1v) is 7.55. The fourth-order valence-electron chi connectivity index (χ4n) is 1.74. The molecule has 1 aromatic carbocycles. The fourth-order valence-corrected chi connectivity index (χ4v) is 2.92. The molecule has 3 nitrogen and oxygen atoms in total. The van der Waals surface area contributed by atoms with Crippen LogP contribution >= 0.6 is 34.5 Å². The molecule has 1 amide bonds. The van der Waals surface area contributed by atoms with E-state index in [1.54, 1.807) is 30.7 Å². The van der Waals surface area contributed by atoms with Gasteiger partial charge < -0.3 is 10.1 Å². The molecular formula is C14H13Cl2NO2S. The Labute approximate surface area is 131 Å². The summed E-state index contributed by atoms with van der Waals surface area (Å²) in [5.74, 6) is -0.194. The van der Waals surface area contributed by atoms with E-state index < -0.39 is 0 Å². The Kier molecular flexibility index (Phi) is 5.43. The number of thiophene rings is 1. The molecule has 2 aromatic rings. The zero-order valence-corrected chi connectivity index (χ0v) is 13.1. The van der Waals surface area contributed by atoms with Crippen LogP contribution in [0.4, 0.5) is 0 Å². The number of rotatable bonds is 5. The van der Waals surface area contributed by atoms with Gasteiger partial charge >= 0.3 is 0 Å². The van der Waals surface area contributed by atoms with Gasteiger partial charge in [0.25, 0.3) is 5.91 Å². The highest BCUT2D eigenvalue weighted by molar-refractivity contribution is 7.12. The van der Waals surface area contributed by atoms with Gasteiger partial charge in [-0.2, -0.15) is 0 Å². The van der Waals surface area contributed by atoms with Crippen LogP contribution in [0.1, 0.15) is 21.3 Å². The first kappa shape index (κ1) is 15.3. The number of nitrogens with one attached hydrogen (secondary N) is 1. The summed E-state index contributed by atoms with van der Waals surface area (Å²) < 4.78 is 5.39. The largest absolute Gasteiger partial charge is 0.375 e. The predicted octanol–water partition coefficient (Wildman–Crippen LogP) is 4.17. The van der Waals surface area contributed by atoms with Crippen molar-refractivity contribution in [3.63, 3.8) is 0 Å². The third-order valence-corrected chi connectivity index (χ3v) is 4.39. The van der Waals surface area contributed by atoms with E-state index in [0.717, 1.165) is 5.56 Å². The number of methoxy groups -OCH3 is 1. The average molecular weight is 330 g/mol. The van der Waals surface area contributed by atoms with Crippen LogP contribution in [0.5, 0.6) is 0 Å². The van der Waals surface area contributed by atoms with Gasteiger partial charge in [-0.1, -0.05) is 35.3 Å². The highest BCUT2D eigenvalue weighted by Gasteiger charge is 2.15. The molecule has 1 heterocycles.